The topological polar surface area (TPSA) is 29.5 Å². The Labute approximate surface area is 98.5 Å². The van der Waals surface area contributed by atoms with Crippen LogP contribution < -0.4 is 0 Å². The van der Waals surface area contributed by atoms with Gasteiger partial charge in [-0.05, 0) is 12.8 Å². The first-order valence-electron chi connectivity index (χ1n) is 6.29. The van der Waals surface area contributed by atoms with Gasteiger partial charge >= 0.3 is 6.09 Å². The molecule has 0 aromatic heterocycles. The molecule has 0 fully saturated rings. The first kappa shape index (κ1) is 13.1. The van der Waals surface area contributed by atoms with E-state index in [2.05, 4.69) is 13.0 Å². The summed E-state index contributed by atoms with van der Waals surface area (Å²) in [7, 11) is 1.45. The molecule has 0 aromatic rings. The number of amides is 1. The normalized spacial score (nSPS) is 19.9. The zero-order valence-corrected chi connectivity index (χ0v) is 10.4. The quantitative estimate of drug-likeness (QED) is 0.530. The van der Waals surface area contributed by atoms with Gasteiger partial charge in [-0.25, -0.2) is 4.79 Å². The first-order chi connectivity index (χ1) is 7.79. The van der Waals surface area contributed by atoms with Gasteiger partial charge in [0.1, 0.15) is 0 Å². The number of carbonyl (C=O) groups is 1. The molecule has 1 unspecified atom stereocenters. The average Bonchev–Trinajstić information content (AvgIpc) is 2.34. The fourth-order valence-electron chi connectivity index (χ4n) is 2.14. The summed E-state index contributed by atoms with van der Waals surface area (Å²) >= 11 is 0. The van der Waals surface area contributed by atoms with Crippen molar-refractivity contribution in [2.45, 2.75) is 51.5 Å². The second-order valence-electron chi connectivity index (χ2n) is 4.33. The molecule has 16 heavy (non-hydrogen) atoms. The third-order valence-corrected chi connectivity index (χ3v) is 3.12. The minimum atomic E-state index is -0.190. The highest BCUT2D eigenvalue weighted by Gasteiger charge is 2.24. The van der Waals surface area contributed by atoms with Crippen LogP contribution in [0.4, 0.5) is 4.79 Å². The minimum Gasteiger partial charge on any atom is -0.453 e. The van der Waals surface area contributed by atoms with Crippen molar-refractivity contribution in [3.05, 3.63) is 12.2 Å². The van der Waals surface area contributed by atoms with E-state index in [1.165, 1.54) is 32.8 Å². The molecule has 92 valence electrons. The SMILES string of the molecule is CCCCCCC1CC=CCN1C(=O)OC. The van der Waals surface area contributed by atoms with Crippen molar-refractivity contribution in [2.75, 3.05) is 13.7 Å². The maximum absolute atomic E-state index is 11.5. The van der Waals surface area contributed by atoms with E-state index in [1.54, 1.807) is 0 Å². The van der Waals surface area contributed by atoms with Crippen LogP contribution in [-0.2, 0) is 4.74 Å². The number of methoxy groups -OCH3 is 1. The molecule has 0 spiro atoms. The molecule has 1 atom stereocenters. The Kier molecular flexibility index (Phi) is 5.98. The number of unbranched alkanes of at least 4 members (excludes halogenated alkanes) is 3. The van der Waals surface area contributed by atoms with Crippen LogP contribution in [0.5, 0.6) is 0 Å². The van der Waals surface area contributed by atoms with E-state index in [1.807, 2.05) is 11.0 Å². The third-order valence-electron chi connectivity index (χ3n) is 3.12. The molecule has 1 rings (SSSR count). The maximum atomic E-state index is 11.5. The van der Waals surface area contributed by atoms with Gasteiger partial charge in [-0.2, -0.15) is 0 Å². The predicted octanol–water partition coefficient (Wildman–Crippen LogP) is 3.35. The molecule has 1 aliphatic heterocycles. The van der Waals surface area contributed by atoms with E-state index in [0.29, 0.717) is 12.6 Å². The van der Waals surface area contributed by atoms with Crippen molar-refractivity contribution in [1.29, 1.82) is 0 Å². The van der Waals surface area contributed by atoms with Crippen molar-refractivity contribution in [1.82, 2.24) is 4.90 Å². The second-order valence-corrected chi connectivity index (χ2v) is 4.33. The molecule has 3 nitrogen and oxygen atoms in total. The van der Waals surface area contributed by atoms with Crippen LogP contribution in [0.1, 0.15) is 45.4 Å². The Morgan fingerprint density at radius 2 is 2.19 bits per heavy atom. The molecule has 0 saturated heterocycles. The number of nitrogens with zero attached hydrogens (tertiary/aromatic N) is 1. The summed E-state index contributed by atoms with van der Waals surface area (Å²) < 4.78 is 4.80. The van der Waals surface area contributed by atoms with Crippen LogP contribution in [0.3, 0.4) is 0 Å². The summed E-state index contributed by atoms with van der Waals surface area (Å²) in [4.78, 5) is 13.4. The van der Waals surface area contributed by atoms with Crippen LogP contribution in [0.25, 0.3) is 0 Å². The largest absolute Gasteiger partial charge is 0.453 e. The Morgan fingerprint density at radius 3 is 2.88 bits per heavy atom. The van der Waals surface area contributed by atoms with E-state index in [-0.39, 0.29) is 6.09 Å². The highest BCUT2D eigenvalue weighted by atomic mass is 16.5. The maximum Gasteiger partial charge on any atom is 0.410 e. The van der Waals surface area contributed by atoms with Gasteiger partial charge in [0.25, 0.3) is 0 Å². The van der Waals surface area contributed by atoms with Crippen LogP contribution in [-0.4, -0.2) is 30.7 Å². The third kappa shape index (κ3) is 3.87. The summed E-state index contributed by atoms with van der Waals surface area (Å²) in [5, 5.41) is 0. The molecule has 0 aromatic carbocycles. The van der Waals surface area contributed by atoms with Crippen molar-refractivity contribution in [3.8, 4) is 0 Å². The summed E-state index contributed by atoms with van der Waals surface area (Å²) in [6.07, 6.45) is 11.1. The number of ether oxygens (including phenoxy) is 1. The zero-order chi connectivity index (χ0) is 11.8. The number of carbonyl (C=O) groups excluding carboxylic acids is 1. The van der Waals surface area contributed by atoms with E-state index >= 15 is 0 Å². The lowest BCUT2D eigenvalue weighted by Gasteiger charge is -2.31. The van der Waals surface area contributed by atoms with E-state index in [0.717, 1.165) is 12.8 Å². The Morgan fingerprint density at radius 1 is 1.38 bits per heavy atom. The van der Waals surface area contributed by atoms with E-state index < -0.39 is 0 Å². The fraction of sp³-hybridized carbons (Fsp3) is 0.769. The summed E-state index contributed by atoms with van der Waals surface area (Å²) in [5.74, 6) is 0. The van der Waals surface area contributed by atoms with Crippen LogP contribution in [0, 0.1) is 0 Å². The molecular weight excluding hydrogens is 202 g/mol. The van der Waals surface area contributed by atoms with Crippen molar-refractivity contribution in [3.63, 3.8) is 0 Å². The molecule has 0 bridgehead atoms. The predicted molar refractivity (Wildman–Crippen MR) is 65.4 cm³/mol. The highest BCUT2D eigenvalue weighted by Crippen LogP contribution is 2.18. The molecule has 3 heteroatoms. The van der Waals surface area contributed by atoms with E-state index in [9.17, 15) is 4.79 Å². The Hall–Kier alpha value is -0.990. The second kappa shape index (κ2) is 7.31. The molecule has 1 heterocycles. The van der Waals surface area contributed by atoms with Gasteiger partial charge < -0.3 is 9.64 Å². The van der Waals surface area contributed by atoms with Crippen LogP contribution in [0.2, 0.25) is 0 Å². The molecule has 0 N–H and O–H groups in total. The van der Waals surface area contributed by atoms with Gasteiger partial charge in [-0.15, -0.1) is 0 Å². The monoisotopic (exact) mass is 225 g/mol. The molecular formula is C13H23NO2. The number of hydrogen-bond donors (Lipinski definition) is 0. The van der Waals surface area contributed by atoms with Crippen molar-refractivity contribution >= 4 is 6.09 Å². The minimum absolute atomic E-state index is 0.190. The summed E-state index contributed by atoms with van der Waals surface area (Å²) in [5.41, 5.74) is 0. The smallest absolute Gasteiger partial charge is 0.410 e. The van der Waals surface area contributed by atoms with Gasteiger partial charge in [0, 0.05) is 12.6 Å². The van der Waals surface area contributed by atoms with Crippen LogP contribution in [0.15, 0.2) is 12.2 Å². The van der Waals surface area contributed by atoms with Crippen molar-refractivity contribution < 1.29 is 9.53 Å². The zero-order valence-electron chi connectivity index (χ0n) is 10.4. The van der Waals surface area contributed by atoms with Gasteiger partial charge in [-0.3, -0.25) is 0 Å². The summed E-state index contributed by atoms with van der Waals surface area (Å²) in [6.45, 7) is 2.91. The van der Waals surface area contributed by atoms with E-state index in [4.69, 9.17) is 4.74 Å². The standard InChI is InChI=1S/C13H23NO2/c1-3-4-5-6-9-12-10-7-8-11-14(12)13(15)16-2/h7-8,12H,3-6,9-11H2,1-2H3. The summed E-state index contributed by atoms with van der Waals surface area (Å²) in [6, 6.07) is 0.342. The fourth-order valence-corrected chi connectivity index (χ4v) is 2.14. The lowest BCUT2D eigenvalue weighted by Crippen LogP contribution is -2.41. The average molecular weight is 225 g/mol. The van der Waals surface area contributed by atoms with Gasteiger partial charge in [0.05, 0.1) is 7.11 Å². The molecule has 0 radical (unpaired) electrons. The molecule has 1 amide bonds. The van der Waals surface area contributed by atoms with Gasteiger partial charge in [0.2, 0.25) is 0 Å². The molecule has 0 saturated carbocycles. The van der Waals surface area contributed by atoms with Gasteiger partial charge in [-0.1, -0.05) is 44.8 Å². The Bertz CT molecular complexity index is 238. The molecule has 1 aliphatic rings. The molecule has 0 aliphatic carbocycles. The number of hydrogen-bond acceptors (Lipinski definition) is 2. The number of rotatable bonds is 5. The van der Waals surface area contributed by atoms with Gasteiger partial charge in [0.15, 0.2) is 0 Å². The lowest BCUT2D eigenvalue weighted by atomic mass is 10.0. The van der Waals surface area contributed by atoms with Crippen LogP contribution >= 0.6 is 0 Å². The van der Waals surface area contributed by atoms with Crippen molar-refractivity contribution in [2.24, 2.45) is 0 Å². The first-order valence-corrected chi connectivity index (χ1v) is 6.29. The lowest BCUT2D eigenvalue weighted by molar-refractivity contribution is 0.105. The highest BCUT2D eigenvalue weighted by molar-refractivity contribution is 5.68. The Balaban J connectivity index is 2.36.